The molecule has 0 amide bonds. The van der Waals surface area contributed by atoms with E-state index in [-0.39, 0.29) is 0 Å². The second kappa shape index (κ2) is 6.87. The van der Waals surface area contributed by atoms with Crippen LogP contribution in [0.3, 0.4) is 0 Å². The van der Waals surface area contributed by atoms with Crippen LogP contribution in [0.25, 0.3) is 23.3 Å². The van der Waals surface area contributed by atoms with Crippen LogP contribution in [-0.2, 0) is 0 Å². The zero-order chi connectivity index (χ0) is 16.1. The van der Waals surface area contributed by atoms with Gasteiger partial charge in [0.15, 0.2) is 0 Å². The molecule has 0 aliphatic carbocycles. The van der Waals surface area contributed by atoms with E-state index in [1.165, 1.54) is 0 Å². The van der Waals surface area contributed by atoms with E-state index in [0.29, 0.717) is 10.2 Å². The summed E-state index contributed by atoms with van der Waals surface area (Å²) in [5.74, 6) is 0. The number of rotatable bonds is 3. The first-order chi connectivity index (χ1) is 11.3. The fourth-order valence-corrected chi connectivity index (χ4v) is 2.65. The van der Waals surface area contributed by atoms with Crippen LogP contribution in [0.5, 0.6) is 0 Å². The Labute approximate surface area is 140 Å². The largest absolute Gasteiger partial charge is 0.345 e. The zero-order valence-corrected chi connectivity index (χ0v) is 13.2. The molecule has 0 spiro atoms. The zero-order valence-electron chi connectivity index (χ0n) is 12.4. The average Bonchev–Trinajstić information content (AvgIpc) is 2.61. The SMILES string of the molecule is N#Cc1c(-c2ccccc2)cc(/C=C/c2ccccc2)[nH]c1=S. The molecular formula is C20H14N2S. The Morgan fingerprint density at radius 1 is 0.913 bits per heavy atom. The highest BCUT2D eigenvalue weighted by atomic mass is 32.1. The molecule has 1 N–H and O–H groups in total. The molecule has 0 saturated heterocycles. The summed E-state index contributed by atoms with van der Waals surface area (Å²) in [6.45, 7) is 0. The van der Waals surface area contributed by atoms with Gasteiger partial charge in [0.25, 0.3) is 0 Å². The Hall–Kier alpha value is -2.96. The van der Waals surface area contributed by atoms with Crippen LogP contribution in [-0.4, -0.2) is 4.98 Å². The van der Waals surface area contributed by atoms with Crippen LogP contribution in [0, 0.1) is 16.0 Å². The predicted molar refractivity (Wildman–Crippen MR) is 97.1 cm³/mol. The Morgan fingerprint density at radius 3 is 2.22 bits per heavy atom. The predicted octanol–water partition coefficient (Wildman–Crippen LogP) is 5.45. The molecular weight excluding hydrogens is 300 g/mol. The van der Waals surface area contributed by atoms with Crippen molar-refractivity contribution >= 4 is 24.4 Å². The molecule has 0 unspecified atom stereocenters. The van der Waals surface area contributed by atoms with Gasteiger partial charge in [-0.05, 0) is 23.3 Å². The maximum Gasteiger partial charge on any atom is 0.122 e. The van der Waals surface area contributed by atoms with Gasteiger partial charge in [-0.15, -0.1) is 0 Å². The molecule has 0 radical (unpaired) electrons. The number of benzene rings is 2. The fourth-order valence-electron chi connectivity index (χ4n) is 2.38. The number of aromatic nitrogens is 1. The number of aromatic amines is 1. The Bertz CT molecular complexity index is 933. The molecule has 0 fully saturated rings. The van der Waals surface area contributed by atoms with Gasteiger partial charge in [-0.25, -0.2) is 0 Å². The quantitative estimate of drug-likeness (QED) is 0.653. The number of hydrogen-bond donors (Lipinski definition) is 1. The third kappa shape index (κ3) is 3.45. The summed E-state index contributed by atoms with van der Waals surface area (Å²) in [4.78, 5) is 3.11. The van der Waals surface area contributed by atoms with Gasteiger partial charge in [-0.3, -0.25) is 0 Å². The van der Waals surface area contributed by atoms with E-state index in [1.54, 1.807) is 0 Å². The summed E-state index contributed by atoms with van der Waals surface area (Å²) in [6.07, 6.45) is 3.99. The van der Waals surface area contributed by atoms with Crippen LogP contribution < -0.4 is 0 Å². The summed E-state index contributed by atoms with van der Waals surface area (Å²) in [5.41, 5.74) is 4.32. The Balaban J connectivity index is 2.07. The lowest BCUT2D eigenvalue weighted by atomic mass is 10.0. The number of hydrogen-bond acceptors (Lipinski definition) is 2. The van der Waals surface area contributed by atoms with E-state index < -0.39 is 0 Å². The third-order valence-electron chi connectivity index (χ3n) is 3.51. The molecule has 1 aromatic heterocycles. The number of nitrogens with zero attached hydrogens (tertiary/aromatic N) is 1. The van der Waals surface area contributed by atoms with Crippen molar-refractivity contribution in [1.82, 2.24) is 4.98 Å². The van der Waals surface area contributed by atoms with Crippen LogP contribution in [0.4, 0.5) is 0 Å². The van der Waals surface area contributed by atoms with Crippen LogP contribution in [0.1, 0.15) is 16.8 Å². The standard InChI is InChI=1S/C20H14N2S/c21-14-19-18(16-9-5-2-6-10-16)13-17(22-20(19)23)12-11-15-7-3-1-4-8-15/h1-13H,(H,22,23)/b12-11+. The van der Waals surface area contributed by atoms with E-state index in [2.05, 4.69) is 11.1 Å². The minimum atomic E-state index is 0.460. The monoisotopic (exact) mass is 314 g/mol. The van der Waals surface area contributed by atoms with Crippen molar-refractivity contribution in [2.75, 3.05) is 0 Å². The highest BCUT2D eigenvalue weighted by molar-refractivity contribution is 7.71. The Kier molecular flexibility index (Phi) is 4.46. The third-order valence-corrected chi connectivity index (χ3v) is 3.81. The van der Waals surface area contributed by atoms with Crippen LogP contribution in [0.15, 0.2) is 66.7 Å². The van der Waals surface area contributed by atoms with Gasteiger partial charge in [0, 0.05) is 11.3 Å². The van der Waals surface area contributed by atoms with Gasteiger partial charge >= 0.3 is 0 Å². The summed E-state index contributed by atoms with van der Waals surface area (Å²) in [6, 6.07) is 24.0. The van der Waals surface area contributed by atoms with Gasteiger partial charge in [0.2, 0.25) is 0 Å². The van der Waals surface area contributed by atoms with Crippen LogP contribution >= 0.6 is 12.2 Å². The molecule has 110 valence electrons. The number of nitrogens with one attached hydrogen (secondary N) is 1. The van der Waals surface area contributed by atoms with Crippen molar-refractivity contribution in [3.8, 4) is 17.2 Å². The minimum absolute atomic E-state index is 0.460. The van der Waals surface area contributed by atoms with Gasteiger partial charge in [0.1, 0.15) is 10.7 Å². The van der Waals surface area contributed by atoms with Crippen molar-refractivity contribution < 1.29 is 0 Å². The number of pyridine rings is 1. The lowest BCUT2D eigenvalue weighted by Crippen LogP contribution is -1.92. The molecule has 0 atom stereocenters. The van der Waals surface area contributed by atoms with E-state index in [0.717, 1.165) is 22.4 Å². The molecule has 3 aromatic rings. The molecule has 0 bridgehead atoms. The maximum atomic E-state index is 9.40. The second-order valence-electron chi connectivity index (χ2n) is 5.06. The normalized spacial score (nSPS) is 10.6. The molecule has 0 saturated carbocycles. The fraction of sp³-hybridized carbons (Fsp3) is 0. The first-order valence-corrected chi connectivity index (χ1v) is 7.65. The average molecular weight is 314 g/mol. The van der Waals surface area contributed by atoms with E-state index >= 15 is 0 Å². The van der Waals surface area contributed by atoms with Gasteiger partial charge in [-0.1, -0.05) is 79.0 Å². The van der Waals surface area contributed by atoms with E-state index in [4.69, 9.17) is 12.2 Å². The van der Waals surface area contributed by atoms with Crippen LogP contribution in [0.2, 0.25) is 0 Å². The molecule has 2 aromatic carbocycles. The minimum Gasteiger partial charge on any atom is -0.345 e. The highest BCUT2D eigenvalue weighted by Crippen LogP contribution is 2.25. The van der Waals surface area contributed by atoms with E-state index in [1.807, 2.05) is 78.9 Å². The molecule has 0 aliphatic rings. The molecule has 2 nitrogen and oxygen atoms in total. The van der Waals surface area contributed by atoms with E-state index in [9.17, 15) is 5.26 Å². The first kappa shape index (κ1) is 15.0. The van der Waals surface area contributed by atoms with Gasteiger partial charge in [-0.2, -0.15) is 5.26 Å². The van der Waals surface area contributed by atoms with Crippen molar-refractivity contribution in [2.45, 2.75) is 0 Å². The van der Waals surface area contributed by atoms with Crippen molar-refractivity contribution in [3.05, 3.63) is 88.2 Å². The molecule has 23 heavy (non-hydrogen) atoms. The summed E-state index contributed by atoms with van der Waals surface area (Å²) < 4.78 is 0.460. The molecule has 1 heterocycles. The van der Waals surface area contributed by atoms with Crippen molar-refractivity contribution in [1.29, 1.82) is 5.26 Å². The smallest absolute Gasteiger partial charge is 0.122 e. The first-order valence-electron chi connectivity index (χ1n) is 7.24. The second-order valence-corrected chi connectivity index (χ2v) is 5.47. The lowest BCUT2D eigenvalue weighted by Gasteiger charge is -2.06. The van der Waals surface area contributed by atoms with Crippen molar-refractivity contribution in [3.63, 3.8) is 0 Å². The highest BCUT2D eigenvalue weighted by Gasteiger charge is 2.08. The molecule has 3 rings (SSSR count). The van der Waals surface area contributed by atoms with Gasteiger partial charge in [0.05, 0.1) is 5.56 Å². The number of nitriles is 1. The van der Waals surface area contributed by atoms with Crippen molar-refractivity contribution in [2.24, 2.45) is 0 Å². The maximum absolute atomic E-state index is 9.40. The Morgan fingerprint density at radius 2 is 1.57 bits per heavy atom. The van der Waals surface area contributed by atoms with Gasteiger partial charge < -0.3 is 4.98 Å². The summed E-state index contributed by atoms with van der Waals surface area (Å²) in [5, 5.41) is 9.40. The summed E-state index contributed by atoms with van der Waals surface area (Å²) in [7, 11) is 0. The molecule has 3 heteroatoms. The number of H-pyrrole nitrogens is 1. The molecule has 0 aliphatic heterocycles. The topological polar surface area (TPSA) is 39.6 Å². The summed E-state index contributed by atoms with van der Waals surface area (Å²) >= 11 is 5.35. The lowest BCUT2D eigenvalue weighted by molar-refractivity contribution is 1.25.